The summed E-state index contributed by atoms with van der Waals surface area (Å²) in [6, 6.07) is 7.88. The predicted molar refractivity (Wildman–Crippen MR) is 65.3 cm³/mol. The van der Waals surface area contributed by atoms with E-state index in [4.69, 9.17) is 4.42 Å². The standard InChI is InChI=1S/C12H9BrN2O/c1-8-2-3-9-6-14-12(15(9)7-8)10-4-5-11(13)16-10/h2-7H,1H3. The average Bonchev–Trinajstić information content (AvgIpc) is 2.83. The number of fused-ring (bicyclic) bond motifs is 1. The highest BCUT2D eigenvalue weighted by Gasteiger charge is 2.09. The van der Waals surface area contributed by atoms with Crippen molar-refractivity contribution >= 4 is 21.4 Å². The summed E-state index contributed by atoms with van der Waals surface area (Å²) in [7, 11) is 0. The average molecular weight is 277 g/mol. The van der Waals surface area contributed by atoms with Gasteiger partial charge in [0.1, 0.15) is 0 Å². The van der Waals surface area contributed by atoms with Crippen molar-refractivity contribution in [3.05, 3.63) is 46.9 Å². The monoisotopic (exact) mass is 276 g/mol. The fraction of sp³-hybridized carbons (Fsp3) is 0.0833. The molecule has 3 nitrogen and oxygen atoms in total. The van der Waals surface area contributed by atoms with Crippen LogP contribution in [-0.2, 0) is 0 Å². The number of pyridine rings is 1. The SMILES string of the molecule is Cc1ccc2cnc(-c3ccc(Br)o3)n2c1. The summed E-state index contributed by atoms with van der Waals surface area (Å²) < 4.78 is 8.25. The molecule has 0 aromatic carbocycles. The summed E-state index contributed by atoms with van der Waals surface area (Å²) in [5, 5.41) is 0. The van der Waals surface area contributed by atoms with Gasteiger partial charge < -0.3 is 4.42 Å². The van der Waals surface area contributed by atoms with Crippen molar-refractivity contribution in [1.82, 2.24) is 9.38 Å². The number of aromatic nitrogens is 2. The molecule has 0 aliphatic rings. The summed E-state index contributed by atoms with van der Waals surface area (Å²) in [5.41, 5.74) is 2.26. The first-order chi connectivity index (χ1) is 7.74. The molecule has 0 N–H and O–H groups in total. The van der Waals surface area contributed by atoms with E-state index in [-0.39, 0.29) is 0 Å². The summed E-state index contributed by atoms with van der Waals surface area (Å²) >= 11 is 3.29. The van der Waals surface area contributed by atoms with Gasteiger partial charge in [-0.15, -0.1) is 0 Å². The number of aryl methyl sites for hydroxylation is 1. The Labute approximate surface area is 101 Å². The minimum Gasteiger partial charge on any atom is -0.446 e. The van der Waals surface area contributed by atoms with Crippen molar-refractivity contribution in [1.29, 1.82) is 0 Å². The molecule has 3 aromatic heterocycles. The maximum atomic E-state index is 5.51. The van der Waals surface area contributed by atoms with Crippen LogP contribution in [0.1, 0.15) is 5.56 Å². The quantitative estimate of drug-likeness (QED) is 0.679. The zero-order chi connectivity index (χ0) is 11.1. The zero-order valence-electron chi connectivity index (χ0n) is 8.64. The second-order valence-electron chi connectivity index (χ2n) is 3.69. The molecule has 0 atom stereocenters. The van der Waals surface area contributed by atoms with Gasteiger partial charge in [-0.3, -0.25) is 4.40 Å². The summed E-state index contributed by atoms with van der Waals surface area (Å²) in [6.07, 6.45) is 3.89. The molecule has 4 heteroatoms. The van der Waals surface area contributed by atoms with Crippen molar-refractivity contribution in [3.8, 4) is 11.6 Å². The van der Waals surface area contributed by atoms with Crippen LogP contribution in [0.25, 0.3) is 17.1 Å². The zero-order valence-corrected chi connectivity index (χ0v) is 10.2. The number of hydrogen-bond donors (Lipinski definition) is 0. The second-order valence-corrected chi connectivity index (χ2v) is 4.47. The third-order valence-corrected chi connectivity index (χ3v) is 2.89. The van der Waals surface area contributed by atoms with E-state index in [1.807, 2.05) is 35.0 Å². The van der Waals surface area contributed by atoms with Crippen LogP contribution in [-0.4, -0.2) is 9.38 Å². The number of nitrogens with zero attached hydrogens (tertiary/aromatic N) is 2. The Morgan fingerprint density at radius 1 is 1.25 bits per heavy atom. The van der Waals surface area contributed by atoms with Gasteiger partial charge in [0, 0.05) is 6.20 Å². The first-order valence-electron chi connectivity index (χ1n) is 4.93. The minimum absolute atomic E-state index is 0.715. The first kappa shape index (κ1) is 9.66. The van der Waals surface area contributed by atoms with E-state index in [1.54, 1.807) is 0 Å². The van der Waals surface area contributed by atoms with E-state index >= 15 is 0 Å². The van der Waals surface area contributed by atoms with E-state index in [0.29, 0.717) is 4.67 Å². The Kier molecular flexibility index (Phi) is 2.11. The highest BCUT2D eigenvalue weighted by molar-refractivity contribution is 9.10. The van der Waals surface area contributed by atoms with Gasteiger partial charge in [0.25, 0.3) is 0 Å². The van der Waals surface area contributed by atoms with Crippen LogP contribution < -0.4 is 0 Å². The molecule has 3 aromatic rings. The fourth-order valence-electron chi connectivity index (χ4n) is 1.71. The first-order valence-corrected chi connectivity index (χ1v) is 5.73. The molecule has 0 saturated carbocycles. The molecular formula is C12H9BrN2O. The van der Waals surface area contributed by atoms with Gasteiger partial charge >= 0.3 is 0 Å². The molecule has 16 heavy (non-hydrogen) atoms. The lowest BCUT2D eigenvalue weighted by Gasteiger charge is -1.99. The van der Waals surface area contributed by atoms with Gasteiger partial charge in [0.2, 0.25) is 0 Å². The lowest BCUT2D eigenvalue weighted by molar-refractivity contribution is 0.551. The number of rotatable bonds is 1. The summed E-state index contributed by atoms with van der Waals surface area (Å²) in [6.45, 7) is 2.06. The van der Waals surface area contributed by atoms with Crippen LogP contribution in [0.4, 0.5) is 0 Å². The topological polar surface area (TPSA) is 30.4 Å². The number of imidazole rings is 1. The highest BCUT2D eigenvalue weighted by atomic mass is 79.9. The van der Waals surface area contributed by atoms with E-state index in [0.717, 1.165) is 17.1 Å². The predicted octanol–water partition coefficient (Wildman–Crippen LogP) is 3.67. The molecule has 0 spiro atoms. The minimum atomic E-state index is 0.715. The van der Waals surface area contributed by atoms with Crippen LogP contribution in [0.2, 0.25) is 0 Å². The second kappa shape index (κ2) is 3.49. The van der Waals surface area contributed by atoms with E-state index in [9.17, 15) is 0 Å². The van der Waals surface area contributed by atoms with Gasteiger partial charge in [-0.25, -0.2) is 4.98 Å². The Bertz CT molecular complexity index is 654. The van der Waals surface area contributed by atoms with Gasteiger partial charge in [-0.1, -0.05) is 6.07 Å². The van der Waals surface area contributed by atoms with Crippen LogP contribution in [0, 0.1) is 6.92 Å². The number of furan rings is 1. The van der Waals surface area contributed by atoms with Gasteiger partial charge in [0.15, 0.2) is 16.3 Å². The van der Waals surface area contributed by atoms with Gasteiger partial charge in [-0.2, -0.15) is 0 Å². The number of halogens is 1. The molecular weight excluding hydrogens is 268 g/mol. The molecule has 3 heterocycles. The Morgan fingerprint density at radius 2 is 2.12 bits per heavy atom. The lowest BCUT2D eigenvalue weighted by Crippen LogP contribution is -1.88. The summed E-state index contributed by atoms with van der Waals surface area (Å²) in [4.78, 5) is 4.37. The normalized spacial score (nSPS) is 11.1. The van der Waals surface area contributed by atoms with Gasteiger partial charge in [0.05, 0.1) is 11.7 Å². The van der Waals surface area contributed by atoms with Crippen LogP contribution in [0.3, 0.4) is 0 Å². The van der Waals surface area contributed by atoms with Crippen molar-refractivity contribution in [2.45, 2.75) is 6.92 Å². The van der Waals surface area contributed by atoms with Crippen LogP contribution >= 0.6 is 15.9 Å². The Morgan fingerprint density at radius 3 is 2.88 bits per heavy atom. The molecule has 0 radical (unpaired) electrons. The van der Waals surface area contributed by atoms with E-state index < -0.39 is 0 Å². The summed E-state index contributed by atoms with van der Waals surface area (Å²) in [5.74, 6) is 1.59. The Balaban J connectivity index is 2.27. The Hall–Kier alpha value is -1.55. The lowest BCUT2D eigenvalue weighted by atomic mass is 10.3. The molecule has 0 saturated heterocycles. The third-order valence-electron chi connectivity index (χ3n) is 2.47. The highest BCUT2D eigenvalue weighted by Crippen LogP contribution is 2.24. The van der Waals surface area contributed by atoms with Gasteiger partial charge in [-0.05, 0) is 46.6 Å². The molecule has 0 aliphatic heterocycles. The smallest absolute Gasteiger partial charge is 0.180 e. The molecule has 0 amide bonds. The number of hydrogen-bond acceptors (Lipinski definition) is 2. The molecule has 80 valence electrons. The van der Waals surface area contributed by atoms with Crippen molar-refractivity contribution in [2.24, 2.45) is 0 Å². The third kappa shape index (κ3) is 1.46. The van der Waals surface area contributed by atoms with E-state index in [1.165, 1.54) is 5.56 Å². The van der Waals surface area contributed by atoms with E-state index in [2.05, 4.69) is 33.9 Å². The van der Waals surface area contributed by atoms with Crippen molar-refractivity contribution in [2.75, 3.05) is 0 Å². The molecule has 3 rings (SSSR count). The molecule has 0 aliphatic carbocycles. The van der Waals surface area contributed by atoms with Crippen molar-refractivity contribution in [3.63, 3.8) is 0 Å². The molecule has 0 bridgehead atoms. The molecule has 0 fully saturated rings. The van der Waals surface area contributed by atoms with Crippen LogP contribution in [0.15, 0.2) is 45.7 Å². The fourth-order valence-corrected chi connectivity index (χ4v) is 2.02. The molecule has 0 unspecified atom stereocenters. The van der Waals surface area contributed by atoms with Crippen LogP contribution in [0.5, 0.6) is 0 Å². The van der Waals surface area contributed by atoms with Crippen molar-refractivity contribution < 1.29 is 4.42 Å². The largest absolute Gasteiger partial charge is 0.446 e. The maximum absolute atomic E-state index is 5.51. The maximum Gasteiger partial charge on any atom is 0.180 e.